The lowest BCUT2D eigenvalue weighted by Gasteiger charge is -2.40. The van der Waals surface area contributed by atoms with Gasteiger partial charge in [0, 0.05) is 26.2 Å². The van der Waals surface area contributed by atoms with E-state index in [2.05, 4.69) is 15.2 Å². The topological polar surface area (TPSA) is 40.1 Å². The second-order valence-electron chi connectivity index (χ2n) is 5.06. The zero-order chi connectivity index (χ0) is 14.2. The second-order valence-corrected chi connectivity index (χ2v) is 5.06. The van der Waals surface area contributed by atoms with E-state index >= 15 is 0 Å². The molecule has 5 nitrogen and oxygen atoms in total. The number of guanidine groups is 1. The molecule has 0 aromatic rings. The molecule has 0 radical (unpaired) electrons. The molecule has 0 saturated carbocycles. The second kappa shape index (κ2) is 5.16. The Hall–Kier alpha value is -1.44. The first kappa shape index (κ1) is 13.5. The fraction of sp³-hybridized carbons (Fsp3) is 0.750. The summed E-state index contributed by atoms with van der Waals surface area (Å²) in [4.78, 5) is 7.75. The average Bonchev–Trinajstić information content (AvgIpc) is 2.46. The number of rotatable bonds is 1. The van der Waals surface area contributed by atoms with Crippen molar-refractivity contribution >= 4 is 5.96 Å². The van der Waals surface area contributed by atoms with Crippen molar-refractivity contribution in [2.45, 2.75) is 18.6 Å². The van der Waals surface area contributed by atoms with Gasteiger partial charge in [-0.15, -0.1) is 0 Å². The first-order valence-corrected chi connectivity index (χ1v) is 6.73. The predicted octanol–water partition coefficient (Wildman–Crippen LogP) is 0.756. The summed E-state index contributed by atoms with van der Waals surface area (Å²) in [6.07, 6.45) is -2.24. The smallest absolute Gasteiger partial charge is 0.378 e. The number of alkyl halides is 3. The Morgan fingerprint density at radius 3 is 2.65 bits per heavy atom. The molecule has 1 atom stereocenters. The van der Waals surface area contributed by atoms with Crippen LogP contribution in [0.15, 0.2) is 16.9 Å². The molecule has 3 heterocycles. The largest absolute Gasteiger partial charge is 0.410 e. The van der Waals surface area contributed by atoms with E-state index in [1.165, 1.54) is 0 Å². The van der Waals surface area contributed by atoms with Crippen LogP contribution in [0.4, 0.5) is 13.2 Å². The van der Waals surface area contributed by atoms with E-state index in [-0.39, 0.29) is 6.42 Å². The maximum atomic E-state index is 12.8. The number of hydrogen-bond acceptors (Lipinski definition) is 5. The van der Waals surface area contributed by atoms with E-state index in [1.807, 2.05) is 11.0 Å². The number of halogens is 3. The molecule has 0 aromatic carbocycles. The summed E-state index contributed by atoms with van der Waals surface area (Å²) in [6.45, 7) is 3.75. The van der Waals surface area contributed by atoms with Crippen LogP contribution in [-0.2, 0) is 4.74 Å². The molecule has 1 fully saturated rings. The standard InChI is InChI=1S/C12H17F3N4O/c13-12(14,15)9-1-3-19-4-2-10(17-11(19)16-9)18-5-7-20-8-6-18/h2,9H,1,3-8H2,(H,16,17)/t9-/m0/s1. The van der Waals surface area contributed by atoms with Crippen LogP contribution in [0.25, 0.3) is 0 Å². The van der Waals surface area contributed by atoms with Gasteiger partial charge in [0.2, 0.25) is 0 Å². The Morgan fingerprint density at radius 2 is 1.95 bits per heavy atom. The number of fused-ring (bicyclic) bond motifs is 1. The first-order valence-electron chi connectivity index (χ1n) is 6.73. The van der Waals surface area contributed by atoms with Crippen molar-refractivity contribution in [3.63, 3.8) is 0 Å². The van der Waals surface area contributed by atoms with Crippen molar-refractivity contribution < 1.29 is 17.9 Å². The van der Waals surface area contributed by atoms with Gasteiger partial charge in [-0.25, -0.2) is 4.99 Å². The van der Waals surface area contributed by atoms with Crippen LogP contribution in [0, 0.1) is 0 Å². The molecule has 0 spiro atoms. The minimum Gasteiger partial charge on any atom is -0.378 e. The van der Waals surface area contributed by atoms with Gasteiger partial charge < -0.3 is 19.9 Å². The third kappa shape index (κ3) is 2.70. The van der Waals surface area contributed by atoms with E-state index in [9.17, 15) is 13.2 Å². The number of ether oxygens (including phenoxy) is 1. The zero-order valence-electron chi connectivity index (χ0n) is 11.0. The highest BCUT2D eigenvalue weighted by molar-refractivity contribution is 5.83. The molecular weight excluding hydrogens is 273 g/mol. The molecule has 0 bridgehead atoms. The molecule has 1 N–H and O–H groups in total. The molecule has 3 aliphatic heterocycles. The highest BCUT2D eigenvalue weighted by Crippen LogP contribution is 2.28. The SMILES string of the molecule is FC(F)(F)[C@@H]1CCN2CC=C(N3CCOCC3)NC2=N1. The highest BCUT2D eigenvalue weighted by atomic mass is 19.4. The van der Waals surface area contributed by atoms with Crippen molar-refractivity contribution in [3.05, 3.63) is 11.9 Å². The molecule has 20 heavy (non-hydrogen) atoms. The van der Waals surface area contributed by atoms with Crippen LogP contribution in [0.1, 0.15) is 6.42 Å². The van der Waals surface area contributed by atoms with Crippen molar-refractivity contribution in [2.24, 2.45) is 4.99 Å². The predicted molar refractivity (Wildman–Crippen MR) is 67.1 cm³/mol. The monoisotopic (exact) mass is 290 g/mol. The molecule has 0 aliphatic carbocycles. The summed E-state index contributed by atoms with van der Waals surface area (Å²) < 4.78 is 43.5. The number of nitrogens with one attached hydrogen (secondary N) is 1. The van der Waals surface area contributed by atoms with Gasteiger partial charge in [0.25, 0.3) is 0 Å². The van der Waals surface area contributed by atoms with Crippen molar-refractivity contribution in [2.75, 3.05) is 39.4 Å². The minimum absolute atomic E-state index is 0.0232. The van der Waals surface area contributed by atoms with Crippen LogP contribution in [-0.4, -0.2) is 67.4 Å². The van der Waals surface area contributed by atoms with Gasteiger partial charge in [0.15, 0.2) is 12.0 Å². The van der Waals surface area contributed by atoms with Gasteiger partial charge in [-0.05, 0) is 12.5 Å². The van der Waals surface area contributed by atoms with Gasteiger partial charge in [-0.1, -0.05) is 0 Å². The van der Waals surface area contributed by atoms with E-state index in [0.717, 1.165) is 18.9 Å². The highest BCUT2D eigenvalue weighted by Gasteiger charge is 2.42. The Kier molecular flexibility index (Phi) is 3.49. The van der Waals surface area contributed by atoms with E-state index < -0.39 is 12.2 Å². The molecule has 8 heteroatoms. The Balaban J connectivity index is 1.73. The minimum atomic E-state index is -4.26. The fourth-order valence-corrected chi connectivity index (χ4v) is 2.58. The summed E-state index contributed by atoms with van der Waals surface area (Å²) in [5, 5.41) is 3.03. The quantitative estimate of drug-likeness (QED) is 0.774. The number of hydrogen-bond donors (Lipinski definition) is 1. The Labute approximate surface area is 115 Å². The van der Waals surface area contributed by atoms with Crippen LogP contribution < -0.4 is 5.32 Å². The van der Waals surface area contributed by atoms with Crippen molar-refractivity contribution in [1.82, 2.24) is 15.1 Å². The van der Waals surface area contributed by atoms with Crippen LogP contribution >= 0.6 is 0 Å². The Bertz CT molecular complexity index is 429. The van der Waals surface area contributed by atoms with E-state index in [1.54, 1.807) is 0 Å². The molecule has 112 valence electrons. The van der Waals surface area contributed by atoms with Crippen LogP contribution in [0.5, 0.6) is 0 Å². The lowest BCUT2D eigenvalue weighted by molar-refractivity contribution is -0.150. The summed E-state index contributed by atoms with van der Waals surface area (Å²) in [5.41, 5.74) is 0. The molecule has 0 aromatic heterocycles. The molecule has 3 rings (SSSR count). The molecule has 0 amide bonds. The number of aliphatic imine (C=N–C) groups is 1. The van der Waals surface area contributed by atoms with Crippen molar-refractivity contribution in [1.29, 1.82) is 0 Å². The lowest BCUT2D eigenvalue weighted by Crippen LogP contribution is -2.54. The molecule has 1 saturated heterocycles. The third-order valence-corrected chi connectivity index (χ3v) is 3.72. The molecular formula is C12H17F3N4O. The zero-order valence-corrected chi connectivity index (χ0v) is 11.0. The van der Waals surface area contributed by atoms with Crippen LogP contribution in [0.2, 0.25) is 0 Å². The van der Waals surface area contributed by atoms with E-state index in [4.69, 9.17) is 4.74 Å². The van der Waals surface area contributed by atoms with Gasteiger partial charge in [0.1, 0.15) is 5.82 Å². The van der Waals surface area contributed by atoms with Crippen LogP contribution in [0.3, 0.4) is 0 Å². The van der Waals surface area contributed by atoms with Gasteiger partial charge in [-0.2, -0.15) is 13.2 Å². The normalized spacial score (nSPS) is 27.4. The van der Waals surface area contributed by atoms with Crippen molar-refractivity contribution in [3.8, 4) is 0 Å². The average molecular weight is 290 g/mol. The summed E-state index contributed by atoms with van der Waals surface area (Å²) in [5.74, 6) is 1.17. The number of morpholine rings is 1. The maximum absolute atomic E-state index is 12.8. The molecule has 3 aliphatic rings. The summed E-state index contributed by atoms with van der Waals surface area (Å²) in [6, 6.07) is -1.59. The number of nitrogens with zero attached hydrogens (tertiary/aromatic N) is 3. The Morgan fingerprint density at radius 1 is 1.20 bits per heavy atom. The fourth-order valence-electron chi connectivity index (χ4n) is 2.58. The maximum Gasteiger partial charge on any atom is 0.410 e. The summed E-state index contributed by atoms with van der Waals surface area (Å²) >= 11 is 0. The summed E-state index contributed by atoms with van der Waals surface area (Å²) in [7, 11) is 0. The van der Waals surface area contributed by atoms with Gasteiger partial charge in [-0.3, -0.25) is 0 Å². The third-order valence-electron chi connectivity index (χ3n) is 3.72. The van der Waals surface area contributed by atoms with E-state index in [0.29, 0.717) is 32.3 Å². The van der Waals surface area contributed by atoms with Gasteiger partial charge >= 0.3 is 6.18 Å². The van der Waals surface area contributed by atoms with Gasteiger partial charge in [0.05, 0.1) is 13.2 Å². The molecule has 0 unspecified atom stereocenters. The lowest BCUT2D eigenvalue weighted by atomic mass is 10.1. The first-order chi connectivity index (χ1) is 9.54.